The van der Waals surface area contributed by atoms with Crippen molar-refractivity contribution in [2.75, 3.05) is 7.11 Å². The Hall–Kier alpha value is -1.54. The molecule has 0 bridgehead atoms. The van der Waals surface area contributed by atoms with Gasteiger partial charge >= 0.3 is 0 Å². The van der Waals surface area contributed by atoms with Crippen molar-refractivity contribution in [3.05, 3.63) is 42.0 Å². The van der Waals surface area contributed by atoms with E-state index in [1.54, 1.807) is 7.11 Å². The highest BCUT2D eigenvalue weighted by Crippen LogP contribution is 2.40. The Balaban J connectivity index is 2.13. The Morgan fingerprint density at radius 2 is 1.84 bits per heavy atom. The summed E-state index contributed by atoms with van der Waals surface area (Å²) >= 11 is 0. The van der Waals surface area contributed by atoms with Gasteiger partial charge in [0.25, 0.3) is 0 Å². The van der Waals surface area contributed by atoms with Gasteiger partial charge in [0.05, 0.1) is 7.11 Å². The van der Waals surface area contributed by atoms with Crippen molar-refractivity contribution < 1.29 is 4.74 Å². The maximum atomic E-state index is 6.56. The molecular formula is C17H21NO. The van der Waals surface area contributed by atoms with Gasteiger partial charge in [-0.3, -0.25) is 0 Å². The smallest absolute Gasteiger partial charge is 0.124 e. The van der Waals surface area contributed by atoms with Crippen LogP contribution in [0.15, 0.2) is 36.4 Å². The fraction of sp³-hybridized carbons (Fsp3) is 0.412. The molecule has 3 rings (SSSR count). The second-order valence-electron chi connectivity index (χ2n) is 5.47. The van der Waals surface area contributed by atoms with Gasteiger partial charge in [-0.2, -0.15) is 0 Å². The Bertz CT molecular complexity index is 572. The zero-order valence-corrected chi connectivity index (χ0v) is 11.4. The molecule has 0 unspecified atom stereocenters. The van der Waals surface area contributed by atoms with Crippen LogP contribution in [0, 0.1) is 5.92 Å². The molecule has 2 N–H and O–H groups in total. The lowest BCUT2D eigenvalue weighted by molar-refractivity contribution is 0.387. The predicted octanol–water partition coefficient (Wildman–Crippen LogP) is 4.04. The molecule has 1 saturated carbocycles. The highest BCUT2D eigenvalue weighted by Gasteiger charge is 2.26. The fourth-order valence-electron chi connectivity index (χ4n) is 3.35. The maximum absolute atomic E-state index is 6.56. The molecule has 0 aliphatic heterocycles. The number of nitrogens with two attached hydrogens (primary N) is 1. The van der Waals surface area contributed by atoms with Gasteiger partial charge in [0.2, 0.25) is 0 Å². The molecule has 0 radical (unpaired) electrons. The number of rotatable bonds is 3. The molecule has 2 aromatic rings. The number of benzene rings is 2. The van der Waals surface area contributed by atoms with Crippen molar-refractivity contribution >= 4 is 10.8 Å². The van der Waals surface area contributed by atoms with E-state index >= 15 is 0 Å². The van der Waals surface area contributed by atoms with Crippen LogP contribution in [0.25, 0.3) is 10.8 Å². The van der Waals surface area contributed by atoms with Crippen LogP contribution >= 0.6 is 0 Å². The molecule has 1 atom stereocenters. The van der Waals surface area contributed by atoms with Crippen molar-refractivity contribution in [2.24, 2.45) is 11.7 Å². The van der Waals surface area contributed by atoms with Gasteiger partial charge in [0.1, 0.15) is 5.75 Å². The molecular weight excluding hydrogens is 234 g/mol. The van der Waals surface area contributed by atoms with Gasteiger partial charge in [-0.15, -0.1) is 0 Å². The van der Waals surface area contributed by atoms with E-state index in [-0.39, 0.29) is 6.04 Å². The largest absolute Gasteiger partial charge is 0.496 e. The Kier molecular flexibility index (Phi) is 3.43. The summed E-state index contributed by atoms with van der Waals surface area (Å²) in [6.45, 7) is 0. The lowest BCUT2D eigenvalue weighted by Crippen LogP contribution is -2.20. The average Bonchev–Trinajstić information content (AvgIpc) is 2.99. The van der Waals surface area contributed by atoms with Gasteiger partial charge < -0.3 is 10.5 Å². The summed E-state index contributed by atoms with van der Waals surface area (Å²) in [6.07, 6.45) is 5.11. The highest BCUT2D eigenvalue weighted by atomic mass is 16.5. The van der Waals surface area contributed by atoms with Crippen molar-refractivity contribution in [3.8, 4) is 5.75 Å². The molecule has 0 amide bonds. The van der Waals surface area contributed by atoms with E-state index in [1.807, 2.05) is 6.07 Å². The number of ether oxygens (including phenoxy) is 1. The van der Waals surface area contributed by atoms with Gasteiger partial charge in [-0.25, -0.2) is 0 Å². The van der Waals surface area contributed by atoms with Crippen molar-refractivity contribution in [3.63, 3.8) is 0 Å². The van der Waals surface area contributed by atoms with E-state index in [1.165, 1.54) is 42.0 Å². The SMILES string of the molecule is COc1ccc2ccccc2c1[C@@H](N)C1CCCC1. The molecule has 0 aromatic heterocycles. The van der Waals surface area contributed by atoms with Crippen LogP contribution in [0.4, 0.5) is 0 Å². The van der Waals surface area contributed by atoms with E-state index in [2.05, 4.69) is 30.3 Å². The second kappa shape index (κ2) is 5.22. The first-order chi connectivity index (χ1) is 9.31. The maximum Gasteiger partial charge on any atom is 0.124 e. The summed E-state index contributed by atoms with van der Waals surface area (Å²) in [4.78, 5) is 0. The molecule has 2 aromatic carbocycles. The summed E-state index contributed by atoms with van der Waals surface area (Å²) in [6, 6.07) is 12.7. The van der Waals surface area contributed by atoms with E-state index < -0.39 is 0 Å². The Labute approximate surface area is 114 Å². The minimum Gasteiger partial charge on any atom is -0.496 e. The van der Waals surface area contributed by atoms with Gasteiger partial charge in [0.15, 0.2) is 0 Å². The minimum atomic E-state index is 0.0866. The molecule has 1 aliphatic carbocycles. The molecule has 100 valence electrons. The average molecular weight is 255 g/mol. The summed E-state index contributed by atoms with van der Waals surface area (Å²) < 4.78 is 5.55. The van der Waals surface area contributed by atoms with Crippen molar-refractivity contribution in [2.45, 2.75) is 31.7 Å². The highest BCUT2D eigenvalue weighted by molar-refractivity contribution is 5.88. The minimum absolute atomic E-state index is 0.0866. The Morgan fingerprint density at radius 3 is 2.58 bits per heavy atom. The monoisotopic (exact) mass is 255 g/mol. The first-order valence-corrected chi connectivity index (χ1v) is 7.12. The first-order valence-electron chi connectivity index (χ1n) is 7.12. The third-order valence-electron chi connectivity index (χ3n) is 4.39. The molecule has 0 heterocycles. The third kappa shape index (κ3) is 2.21. The predicted molar refractivity (Wildman–Crippen MR) is 79.4 cm³/mol. The third-order valence-corrected chi connectivity index (χ3v) is 4.39. The van der Waals surface area contributed by atoms with Crippen LogP contribution in [0.5, 0.6) is 5.75 Å². The molecule has 2 nitrogen and oxygen atoms in total. The van der Waals surface area contributed by atoms with Crippen LogP contribution in [-0.4, -0.2) is 7.11 Å². The number of methoxy groups -OCH3 is 1. The first kappa shape index (κ1) is 12.5. The van der Waals surface area contributed by atoms with Crippen LogP contribution in [0.3, 0.4) is 0 Å². The summed E-state index contributed by atoms with van der Waals surface area (Å²) in [5, 5.41) is 2.48. The Morgan fingerprint density at radius 1 is 1.11 bits per heavy atom. The van der Waals surface area contributed by atoms with Crippen molar-refractivity contribution in [1.82, 2.24) is 0 Å². The molecule has 19 heavy (non-hydrogen) atoms. The van der Waals surface area contributed by atoms with Crippen LogP contribution in [0.1, 0.15) is 37.3 Å². The molecule has 0 saturated heterocycles. The van der Waals surface area contributed by atoms with E-state index in [4.69, 9.17) is 10.5 Å². The summed E-state index contributed by atoms with van der Waals surface area (Å²) in [5.74, 6) is 1.53. The lowest BCUT2D eigenvalue weighted by atomic mass is 9.88. The van der Waals surface area contributed by atoms with E-state index in [0.29, 0.717) is 5.92 Å². The number of fused-ring (bicyclic) bond motifs is 1. The summed E-state index contributed by atoms with van der Waals surface area (Å²) in [5.41, 5.74) is 7.75. The quantitative estimate of drug-likeness (QED) is 0.898. The topological polar surface area (TPSA) is 35.2 Å². The molecule has 1 fully saturated rings. The zero-order chi connectivity index (χ0) is 13.2. The van der Waals surface area contributed by atoms with E-state index in [9.17, 15) is 0 Å². The molecule has 1 aliphatic rings. The molecule has 2 heteroatoms. The summed E-state index contributed by atoms with van der Waals surface area (Å²) in [7, 11) is 1.73. The number of hydrogen-bond donors (Lipinski definition) is 1. The van der Waals surface area contributed by atoms with E-state index in [0.717, 1.165) is 5.75 Å². The number of hydrogen-bond acceptors (Lipinski definition) is 2. The van der Waals surface area contributed by atoms with Crippen LogP contribution < -0.4 is 10.5 Å². The van der Waals surface area contributed by atoms with Crippen molar-refractivity contribution in [1.29, 1.82) is 0 Å². The fourth-order valence-corrected chi connectivity index (χ4v) is 3.35. The zero-order valence-electron chi connectivity index (χ0n) is 11.4. The molecule has 0 spiro atoms. The van der Waals surface area contributed by atoms with Gasteiger partial charge in [0, 0.05) is 11.6 Å². The second-order valence-corrected chi connectivity index (χ2v) is 5.47. The van der Waals surface area contributed by atoms with Gasteiger partial charge in [-0.05, 0) is 35.6 Å². The van der Waals surface area contributed by atoms with Crippen LogP contribution in [0.2, 0.25) is 0 Å². The van der Waals surface area contributed by atoms with Gasteiger partial charge in [-0.1, -0.05) is 43.2 Å². The van der Waals surface area contributed by atoms with Crippen LogP contribution in [-0.2, 0) is 0 Å². The normalized spacial score (nSPS) is 17.8. The standard InChI is InChI=1S/C17H21NO/c1-19-15-11-10-12-6-4-5-9-14(12)16(15)17(18)13-7-2-3-8-13/h4-6,9-11,13,17H,2-3,7-8,18H2,1H3/t17-/m0/s1. The lowest BCUT2D eigenvalue weighted by Gasteiger charge is -2.23.